The Labute approximate surface area is 130 Å². The molecule has 0 atom stereocenters. The average Bonchev–Trinajstić information content (AvgIpc) is 2.81. The number of hydrogen-bond donors (Lipinski definition) is 2. The van der Waals surface area contributed by atoms with E-state index < -0.39 is 0 Å². The number of nitrogens with zero attached hydrogens (tertiary/aromatic N) is 1. The summed E-state index contributed by atoms with van der Waals surface area (Å²) in [7, 11) is 1.73. The third-order valence-electron chi connectivity index (χ3n) is 2.54. The zero-order chi connectivity index (χ0) is 12.8. The number of nitrogens with one attached hydrogen (secondary N) is 2. The lowest BCUT2D eigenvalue weighted by molar-refractivity contribution is 0.539. The van der Waals surface area contributed by atoms with Gasteiger partial charge in [0.1, 0.15) is 11.3 Å². The minimum Gasteiger partial charge on any atom is -0.459 e. The Morgan fingerprint density at radius 3 is 2.84 bits per heavy atom. The lowest BCUT2D eigenvalue weighted by atomic mass is 10.2. The number of fused-ring (bicyclic) bond motifs is 1. The monoisotopic (exact) mass is 371 g/mol. The van der Waals surface area contributed by atoms with Crippen LogP contribution in [0.3, 0.4) is 0 Å². The van der Waals surface area contributed by atoms with Crippen LogP contribution in [-0.4, -0.2) is 19.6 Å². The van der Waals surface area contributed by atoms with Gasteiger partial charge in [-0.1, -0.05) is 24.3 Å². The standard InChI is InChI=1S/C14H17N3O.HI/c1-3-8-16-14(15-2)17-10-12-9-11-6-4-5-7-13(11)18-12;/h3-7,9H,1,8,10H2,2H3,(H2,15,16,17);1H. The normalized spacial score (nSPS) is 10.9. The van der Waals surface area contributed by atoms with Crippen LogP contribution >= 0.6 is 24.0 Å². The van der Waals surface area contributed by atoms with Crippen molar-refractivity contribution < 1.29 is 4.42 Å². The predicted octanol–water partition coefficient (Wildman–Crippen LogP) is 2.90. The summed E-state index contributed by atoms with van der Waals surface area (Å²) >= 11 is 0. The van der Waals surface area contributed by atoms with Gasteiger partial charge >= 0.3 is 0 Å². The van der Waals surface area contributed by atoms with Crippen molar-refractivity contribution in [3.63, 3.8) is 0 Å². The molecule has 0 aliphatic carbocycles. The van der Waals surface area contributed by atoms with Gasteiger partial charge in [0.15, 0.2) is 5.96 Å². The molecule has 0 aliphatic heterocycles. The first-order valence-electron chi connectivity index (χ1n) is 5.86. The molecule has 0 fully saturated rings. The van der Waals surface area contributed by atoms with Crippen LogP contribution in [0, 0.1) is 0 Å². The summed E-state index contributed by atoms with van der Waals surface area (Å²) in [5.41, 5.74) is 0.906. The number of aliphatic imine (C=N–C) groups is 1. The van der Waals surface area contributed by atoms with Crippen LogP contribution in [0.5, 0.6) is 0 Å². The topological polar surface area (TPSA) is 49.6 Å². The summed E-state index contributed by atoms with van der Waals surface area (Å²) in [6.45, 7) is 4.93. The van der Waals surface area contributed by atoms with Crippen LogP contribution in [0.4, 0.5) is 0 Å². The second-order valence-corrected chi connectivity index (χ2v) is 3.85. The Hall–Kier alpha value is -1.50. The summed E-state index contributed by atoms with van der Waals surface area (Å²) in [4.78, 5) is 4.10. The molecule has 2 N–H and O–H groups in total. The van der Waals surface area contributed by atoms with E-state index >= 15 is 0 Å². The highest BCUT2D eigenvalue weighted by molar-refractivity contribution is 14.0. The number of furan rings is 1. The first kappa shape index (κ1) is 15.6. The van der Waals surface area contributed by atoms with Gasteiger partial charge in [0.25, 0.3) is 0 Å². The Morgan fingerprint density at radius 2 is 2.16 bits per heavy atom. The maximum atomic E-state index is 5.70. The van der Waals surface area contributed by atoms with Crippen molar-refractivity contribution >= 4 is 40.9 Å². The van der Waals surface area contributed by atoms with Gasteiger partial charge in [0.2, 0.25) is 0 Å². The molecule has 0 bridgehead atoms. The number of benzene rings is 1. The fraction of sp³-hybridized carbons (Fsp3) is 0.214. The Kier molecular flexibility index (Phi) is 6.41. The maximum absolute atomic E-state index is 5.70. The van der Waals surface area contributed by atoms with Crippen LogP contribution in [0.25, 0.3) is 11.0 Å². The minimum atomic E-state index is 0. The van der Waals surface area contributed by atoms with E-state index in [1.54, 1.807) is 13.1 Å². The molecular weight excluding hydrogens is 353 g/mol. The van der Waals surface area contributed by atoms with Crippen molar-refractivity contribution in [2.75, 3.05) is 13.6 Å². The first-order valence-corrected chi connectivity index (χ1v) is 5.86. The first-order chi connectivity index (χ1) is 8.83. The molecular formula is C14H18IN3O. The van der Waals surface area contributed by atoms with Crippen molar-refractivity contribution in [1.29, 1.82) is 0 Å². The molecule has 19 heavy (non-hydrogen) atoms. The maximum Gasteiger partial charge on any atom is 0.191 e. The number of para-hydroxylation sites is 1. The van der Waals surface area contributed by atoms with Crippen LogP contribution in [0.15, 0.2) is 52.4 Å². The highest BCUT2D eigenvalue weighted by Gasteiger charge is 2.03. The molecule has 0 saturated heterocycles. The Morgan fingerprint density at radius 1 is 1.37 bits per heavy atom. The van der Waals surface area contributed by atoms with Gasteiger partial charge in [0.05, 0.1) is 6.54 Å². The van der Waals surface area contributed by atoms with Gasteiger partial charge < -0.3 is 15.1 Å². The smallest absolute Gasteiger partial charge is 0.191 e. The van der Waals surface area contributed by atoms with E-state index in [0.717, 1.165) is 22.7 Å². The van der Waals surface area contributed by atoms with Crippen LogP contribution in [0.1, 0.15) is 5.76 Å². The zero-order valence-corrected chi connectivity index (χ0v) is 13.2. The molecule has 0 aliphatic rings. The molecule has 5 heteroatoms. The van der Waals surface area contributed by atoms with E-state index in [4.69, 9.17) is 4.42 Å². The molecule has 102 valence electrons. The molecule has 2 aromatic rings. The number of rotatable bonds is 4. The van der Waals surface area contributed by atoms with E-state index in [0.29, 0.717) is 13.1 Å². The molecule has 0 amide bonds. The molecule has 0 unspecified atom stereocenters. The van der Waals surface area contributed by atoms with Crippen molar-refractivity contribution in [2.45, 2.75) is 6.54 Å². The molecule has 0 spiro atoms. The summed E-state index contributed by atoms with van der Waals surface area (Å²) in [5.74, 6) is 1.62. The summed E-state index contributed by atoms with van der Waals surface area (Å²) < 4.78 is 5.70. The molecule has 0 saturated carbocycles. The fourth-order valence-electron chi connectivity index (χ4n) is 1.68. The highest BCUT2D eigenvalue weighted by Crippen LogP contribution is 2.18. The quantitative estimate of drug-likeness (QED) is 0.376. The molecule has 0 radical (unpaired) electrons. The lowest BCUT2D eigenvalue weighted by Crippen LogP contribution is -2.36. The molecule has 1 aromatic carbocycles. The van der Waals surface area contributed by atoms with Crippen molar-refractivity contribution in [3.8, 4) is 0 Å². The van der Waals surface area contributed by atoms with Crippen LogP contribution in [0.2, 0.25) is 0 Å². The Bertz CT molecular complexity index is 530. The highest BCUT2D eigenvalue weighted by atomic mass is 127. The van der Waals surface area contributed by atoms with Gasteiger partial charge in [-0.15, -0.1) is 30.6 Å². The minimum absolute atomic E-state index is 0. The van der Waals surface area contributed by atoms with Gasteiger partial charge in [0, 0.05) is 19.0 Å². The SMILES string of the molecule is C=CCNC(=NC)NCc1cc2ccccc2o1.I. The molecule has 1 heterocycles. The van der Waals surface area contributed by atoms with Crippen molar-refractivity contribution in [1.82, 2.24) is 10.6 Å². The van der Waals surface area contributed by atoms with Gasteiger partial charge in [-0.25, -0.2) is 0 Å². The van der Waals surface area contributed by atoms with Crippen molar-refractivity contribution in [3.05, 3.63) is 48.7 Å². The van der Waals surface area contributed by atoms with E-state index in [-0.39, 0.29) is 24.0 Å². The number of guanidine groups is 1. The number of hydrogen-bond acceptors (Lipinski definition) is 2. The molecule has 1 aromatic heterocycles. The average molecular weight is 371 g/mol. The zero-order valence-electron chi connectivity index (χ0n) is 10.8. The van der Waals surface area contributed by atoms with E-state index in [2.05, 4.69) is 22.2 Å². The summed E-state index contributed by atoms with van der Waals surface area (Å²) in [5, 5.41) is 7.40. The Balaban J connectivity index is 0.00000180. The third kappa shape index (κ3) is 4.27. The largest absolute Gasteiger partial charge is 0.459 e. The van der Waals surface area contributed by atoms with E-state index in [1.807, 2.05) is 30.3 Å². The molecule has 4 nitrogen and oxygen atoms in total. The second-order valence-electron chi connectivity index (χ2n) is 3.85. The van der Waals surface area contributed by atoms with Crippen LogP contribution < -0.4 is 10.6 Å². The fourth-order valence-corrected chi connectivity index (χ4v) is 1.68. The second kappa shape index (κ2) is 7.83. The summed E-state index contributed by atoms with van der Waals surface area (Å²) in [6, 6.07) is 9.99. The van der Waals surface area contributed by atoms with Gasteiger partial charge in [-0.05, 0) is 12.1 Å². The third-order valence-corrected chi connectivity index (χ3v) is 2.54. The van der Waals surface area contributed by atoms with E-state index in [1.165, 1.54) is 0 Å². The van der Waals surface area contributed by atoms with Gasteiger partial charge in [-0.2, -0.15) is 0 Å². The van der Waals surface area contributed by atoms with Gasteiger partial charge in [-0.3, -0.25) is 4.99 Å². The molecule has 2 rings (SSSR count). The van der Waals surface area contributed by atoms with E-state index in [9.17, 15) is 0 Å². The van der Waals surface area contributed by atoms with Crippen LogP contribution in [-0.2, 0) is 6.54 Å². The summed E-state index contributed by atoms with van der Waals surface area (Å²) in [6.07, 6.45) is 1.79. The lowest BCUT2D eigenvalue weighted by Gasteiger charge is -2.08. The number of halogens is 1. The predicted molar refractivity (Wildman–Crippen MR) is 90.0 cm³/mol. The van der Waals surface area contributed by atoms with Crippen molar-refractivity contribution in [2.24, 2.45) is 4.99 Å².